The van der Waals surface area contributed by atoms with Crippen molar-refractivity contribution in [3.05, 3.63) is 76.2 Å². The highest BCUT2D eigenvalue weighted by atomic mass is 16.2. The summed E-state index contributed by atoms with van der Waals surface area (Å²) in [5, 5.41) is 7.18. The van der Waals surface area contributed by atoms with E-state index in [1.807, 2.05) is 38.1 Å². The Labute approximate surface area is 140 Å². The monoisotopic (exact) mass is 318 g/mol. The number of aryl methyl sites for hydroxylation is 3. The molecule has 1 aromatic carbocycles. The summed E-state index contributed by atoms with van der Waals surface area (Å²) < 4.78 is 0. The Bertz CT molecular complexity index is 927. The number of aromatic amines is 1. The van der Waals surface area contributed by atoms with Gasteiger partial charge in [-0.3, -0.25) is 14.8 Å². The Balaban J connectivity index is 1.94. The molecule has 1 unspecified atom stereocenters. The van der Waals surface area contributed by atoms with E-state index in [1.54, 1.807) is 11.1 Å². The number of fused-ring (bicyclic) bond motifs is 1. The van der Waals surface area contributed by atoms with E-state index in [0.717, 1.165) is 27.9 Å². The number of amides is 1. The number of pyridine rings is 1. The standard InChI is InChI=1S/C19H18N4O/c1-11-8-9-15(20-10-11)23-18(14-7-5-4-6-12(14)2)16-13(3)21-22-17(16)19(23)24/h4-10,18H,1-3H3,(H,21,22). The van der Waals surface area contributed by atoms with Gasteiger partial charge < -0.3 is 0 Å². The lowest BCUT2D eigenvalue weighted by Gasteiger charge is -2.26. The van der Waals surface area contributed by atoms with E-state index in [9.17, 15) is 4.79 Å². The number of H-pyrrole nitrogens is 1. The number of carbonyl (C=O) groups is 1. The molecular weight excluding hydrogens is 300 g/mol. The molecule has 0 spiro atoms. The molecule has 1 atom stereocenters. The molecular formula is C19H18N4O. The quantitative estimate of drug-likeness (QED) is 0.787. The summed E-state index contributed by atoms with van der Waals surface area (Å²) in [5.41, 5.74) is 5.64. The van der Waals surface area contributed by atoms with Crippen LogP contribution in [0.5, 0.6) is 0 Å². The van der Waals surface area contributed by atoms with Gasteiger partial charge in [0.25, 0.3) is 5.91 Å². The first-order valence-corrected chi connectivity index (χ1v) is 7.94. The number of hydrogen-bond acceptors (Lipinski definition) is 3. The summed E-state index contributed by atoms with van der Waals surface area (Å²) in [7, 11) is 0. The Hall–Kier alpha value is -2.95. The lowest BCUT2D eigenvalue weighted by Crippen LogP contribution is -2.30. The first kappa shape index (κ1) is 14.6. The fourth-order valence-electron chi connectivity index (χ4n) is 3.32. The maximum absolute atomic E-state index is 13.0. The maximum Gasteiger partial charge on any atom is 0.281 e. The summed E-state index contributed by atoms with van der Waals surface area (Å²) in [5.74, 6) is 0.537. The Morgan fingerprint density at radius 2 is 1.88 bits per heavy atom. The molecule has 1 amide bonds. The van der Waals surface area contributed by atoms with E-state index in [2.05, 4.69) is 34.2 Å². The molecule has 5 nitrogen and oxygen atoms in total. The van der Waals surface area contributed by atoms with Crippen LogP contribution < -0.4 is 4.90 Å². The van der Waals surface area contributed by atoms with Crippen LogP contribution in [0, 0.1) is 20.8 Å². The highest BCUT2D eigenvalue weighted by molar-refractivity contribution is 6.10. The fraction of sp³-hybridized carbons (Fsp3) is 0.211. The molecule has 0 saturated heterocycles. The summed E-state index contributed by atoms with van der Waals surface area (Å²) in [6, 6.07) is 11.8. The molecule has 0 saturated carbocycles. The summed E-state index contributed by atoms with van der Waals surface area (Å²) in [6.07, 6.45) is 1.78. The van der Waals surface area contributed by atoms with Gasteiger partial charge in [-0.1, -0.05) is 30.3 Å². The third-order valence-electron chi connectivity index (χ3n) is 4.57. The molecule has 24 heavy (non-hydrogen) atoms. The molecule has 3 aromatic rings. The van der Waals surface area contributed by atoms with Crippen molar-refractivity contribution in [3.8, 4) is 0 Å². The van der Waals surface area contributed by atoms with Crippen LogP contribution in [0.1, 0.15) is 44.5 Å². The molecule has 5 heteroatoms. The highest BCUT2D eigenvalue weighted by Crippen LogP contribution is 2.42. The van der Waals surface area contributed by atoms with E-state index in [0.29, 0.717) is 11.5 Å². The topological polar surface area (TPSA) is 61.9 Å². The van der Waals surface area contributed by atoms with Crippen molar-refractivity contribution >= 4 is 11.7 Å². The van der Waals surface area contributed by atoms with Gasteiger partial charge in [0, 0.05) is 17.5 Å². The largest absolute Gasteiger partial charge is 0.282 e. The Morgan fingerprint density at radius 1 is 1.08 bits per heavy atom. The molecule has 1 N–H and O–H groups in total. The van der Waals surface area contributed by atoms with Crippen LogP contribution in [0.3, 0.4) is 0 Å². The third kappa shape index (κ3) is 2.05. The first-order valence-electron chi connectivity index (χ1n) is 7.94. The highest BCUT2D eigenvalue weighted by Gasteiger charge is 2.43. The average molecular weight is 318 g/mol. The predicted molar refractivity (Wildman–Crippen MR) is 92.1 cm³/mol. The molecule has 120 valence electrons. The van der Waals surface area contributed by atoms with Gasteiger partial charge in [0.2, 0.25) is 0 Å². The zero-order valence-electron chi connectivity index (χ0n) is 13.9. The average Bonchev–Trinajstić information content (AvgIpc) is 3.08. The van der Waals surface area contributed by atoms with E-state index >= 15 is 0 Å². The molecule has 0 bridgehead atoms. The summed E-state index contributed by atoms with van der Waals surface area (Å²) in [6.45, 7) is 6.00. The lowest BCUT2D eigenvalue weighted by atomic mass is 9.95. The van der Waals surface area contributed by atoms with Crippen LogP contribution in [0.4, 0.5) is 5.82 Å². The number of nitrogens with one attached hydrogen (secondary N) is 1. The number of rotatable bonds is 2. The van der Waals surface area contributed by atoms with Gasteiger partial charge >= 0.3 is 0 Å². The van der Waals surface area contributed by atoms with Crippen molar-refractivity contribution in [1.29, 1.82) is 0 Å². The molecule has 2 aromatic heterocycles. The second kappa shape index (κ2) is 5.30. The molecule has 0 fully saturated rings. The van der Waals surface area contributed by atoms with Crippen molar-refractivity contribution in [2.24, 2.45) is 0 Å². The number of hydrogen-bond donors (Lipinski definition) is 1. The molecule has 4 rings (SSSR count). The van der Waals surface area contributed by atoms with Crippen molar-refractivity contribution in [3.63, 3.8) is 0 Å². The van der Waals surface area contributed by atoms with Gasteiger partial charge in [-0.2, -0.15) is 5.10 Å². The number of benzene rings is 1. The summed E-state index contributed by atoms with van der Waals surface area (Å²) >= 11 is 0. The van der Waals surface area contributed by atoms with Gasteiger partial charge in [-0.05, 0) is 43.5 Å². The van der Waals surface area contributed by atoms with E-state index < -0.39 is 0 Å². The Kier molecular flexibility index (Phi) is 3.23. The fourth-order valence-corrected chi connectivity index (χ4v) is 3.32. The van der Waals surface area contributed by atoms with Crippen LogP contribution in [0.2, 0.25) is 0 Å². The van der Waals surface area contributed by atoms with E-state index in [1.165, 1.54) is 0 Å². The zero-order chi connectivity index (χ0) is 16.8. The predicted octanol–water partition coefficient (Wildman–Crippen LogP) is 3.48. The van der Waals surface area contributed by atoms with Crippen LogP contribution >= 0.6 is 0 Å². The SMILES string of the molecule is Cc1ccc(N2C(=O)c3n[nH]c(C)c3C2c2ccccc2C)nc1. The van der Waals surface area contributed by atoms with Gasteiger partial charge in [-0.15, -0.1) is 0 Å². The third-order valence-corrected chi connectivity index (χ3v) is 4.57. The van der Waals surface area contributed by atoms with Crippen molar-refractivity contribution < 1.29 is 4.79 Å². The van der Waals surface area contributed by atoms with Crippen molar-refractivity contribution in [2.75, 3.05) is 4.90 Å². The van der Waals surface area contributed by atoms with Crippen LogP contribution in [-0.4, -0.2) is 21.1 Å². The number of aromatic nitrogens is 3. The van der Waals surface area contributed by atoms with Crippen molar-refractivity contribution in [1.82, 2.24) is 15.2 Å². The normalized spacial score (nSPS) is 16.5. The number of anilines is 1. The van der Waals surface area contributed by atoms with Crippen LogP contribution in [0.15, 0.2) is 42.6 Å². The number of nitrogens with zero attached hydrogens (tertiary/aromatic N) is 3. The van der Waals surface area contributed by atoms with Gasteiger partial charge in [0.05, 0.1) is 6.04 Å². The smallest absolute Gasteiger partial charge is 0.281 e. The lowest BCUT2D eigenvalue weighted by molar-refractivity contribution is 0.0988. The van der Waals surface area contributed by atoms with Crippen molar-refractivity contribution in [2.45, 2.75) is 26.8 Å². The van der Waals surface area contributed by atoms with Crippen LogP contribution in [0.25, 0.3) is 0 Å². The van der Waals surface area contributed by atoms with Gasteiger partial charge in [0.1, 0.15) is 5.82 Å². The second-order valence-corrected chi connectivity index (χ2v) is 6.24. The van der Waals surface area contributed by atoms with Gasteiger partial charge in [0.15, 0.2) is 5.69 Å². The molecule has 3 heterocycles. The first-order chi connectivity index (χ1) is 11.6. The molecule has 1 aliphatic heterocycles. The van der Waals surface area contributed by atoms with E-state index in [4.69, 9.17) is 0 Å². The zero-order valence-corrected chi connectivity index (χ0v) is 13.9. The maximum atomic E-state index is 13.0. The molecule has 0 aliphatic carbocycles. The second-order valence-electron chi connectivity index (χ2n) is 6.24. The molecule has 0 radical (unpaired) electrons. The minimum Gasteiger partial charge on any atom is -0.282 e. The Morgan fingerprint density at radius 3 is 2.58 bits per heavy atom. The molecule has 1 aliphatic rings. The van der Waals surface area contributed by atoms with Crippen LogP contribution in [-0.2, 0) is 0 Å². The van der Waals surface area contributed by atoms with Gasteiger partial charge in [-0.25, -0.2) is 4.98 Å². The number of carbonyl (C=O) groups excluding carboxylic acids is 1. The summed E-state index contributed by atoms with van der Waals surface area (Å²) in [4.78, 5) is 19.2. The minimum absolute atomic E-state index is 0.112. The minimum atomic E-state index is -0.206. The van der Waals surface area contributed by atoms with E-state index in [-0.39, 0.29) is 11.9 Å².